The van der Waals surface area contributed by atoms with Crippen LogP contribution in [0.1, 0.15) is 0 Å². The van der Waals surface area contributed by atoms with Crippen molar-refractivity contribution in [1.29, 1.82) is 0 Å². The Kier molecular flexibility index (Phi) is 2.81. The zero-order valence-corrected chi connectivity index (χ0v) is 3.91. The van der Waals surface area contributed by atoms with Gasteiger partial charge in [-0.05, 0) is 11.6 Å². The summed E-state index contributed by atoms with van der Waals surface area (Å²) in [4.78, 5) is 17.0. The SMILES string of the molecule is [O-][P+](O)=CCl. The number of hydrogen-bond acceptors (Lipinski definition) is 2. The van der Waals surface area contributed by atoms with Gasteiger partial charge < -0.3 is 4.89 Å². The minimum absolute atomic E-state index is 0.704. The third-order valence-electron chi connectivity index (χ3n) is 0.0835. The molecule has 1 N–H and O–H groups in total. The Balaban J connectivity index is 3.14. The highest BCUT2D eigenvalue weighted by atomic mass is 35.5. The van der Waals surface area contributed by atoms with E-state index in [0.29, 0.717) is 5.26 Å². The summed E-state index contributed by atoms with van der Waals surface area (Å²) in [5, 5.41) is 0.704. The molecule has 0 saturated carbocycles. The molecule has 2 nitrogen and oxygen atoms in total. The van der Waals surface area contributed by atoms with Crippen LogP contribution in [0.25, 0.3) is 0 Å². The Labute approximate surface area is 35.6 Å². The summed E-state index contributed by atoms with van der Waals surface area (Å²) in [6.45, 7) is 0. The highest BCUT2D eigenvalue weighted by Gasteiger charge is 1.72. The first-order chi connectivity index (χ1) is 2.27. The van der Waals surface area contributed by atoms with Crippen LogP contribution in [0.2, 0.25) is 0 Å². The van der Waals surface area contributed by atoms with Crippen molar-refractivity contribution in [3.63, 3.8) is 0 Å². The molecule has 0 saturated heterocycles. The topological polar surface area (TPSA) is 43.3 Å². The van der Waals surface area contributed by atoms with Crippen LogP contribution in [0.15, 0.2) is 0 Å². The molecule has 0 bridgehead atoms. The van der Waals surface area contributed by atoms with Gasteiger partial charge in [0.05, 0.1) is 0 Å². The van der Waals surface area contributed by atoms with Gasteiger partial charge in [-0.15, -0.1) is 0 Å². The Morgan fingerprint density at radius 1 is 2.00 bits per heavy atom. The van der Waals surface area contributed by atoms with Gasteiger partial charge in [-0.25, -0.2) is 0 Å². The minimum atomic E-state index is -2.21. The molecule has 4 heteroatoms. The molecule has 0 spiro atoms. The van der Waals surface area contributed by atoms with E-state index >= 15 is 0 Å². The summed E-state index contributed by atoms with van der Waals surface area (Å²) in [6, 6.07) is 0. The van der Waals surface area contributed by atoms with Crippen LogP contribution in [-0.4, -0.2) is 10.1 Å². The fourth-order valence-corrected chi connectivity index (χ4v) is 0. The standard InChI is InChI=1S/CH2ClO2P/c2-1-5(3)4/h1H,(H,3,4). The molecule has 0 aliphatic carbocycles. The third-order valence-corrected chi connectivity index (χ3v) is 0.751. The van der Waals surface area contributed by atoms with E-state index in [2.05, 4.69) is 11.6 Å². The van der Waals surface area contributed by atoms with Crippen LogP contribution in [0.3, 0.4) is 0 Å². The molecule has 0 aliphatic rings. The van der Waals surface area contributed by atoms with Crippen LogP contribution in [-0.2, 0) is 0 Å². The van der Waals surface area contributed by atoms with Gasteiger partial charge in [0.1, 0.15) is 0 Å². The molecule has 0 fully saturated rings. The largest absolute Gasteiger partial charge is 0.602 e. The maximum atomic E-state index is 9.33. The second kappa shape index (κ2) is 2.61. The van der Waals surface area contributed by atoms with Crippen molar-refractivity contribution in [1.82, 2.24) is 0 Å². The first-order valence-corrected chi connectivity index (χ1v) is 2.58. The molecule has 0 heterocycles. The second-order valence-corrected chi connectivity index (χ2v) is 1.79. The molecule has 0 amide bonds. The summed E-state index contributed by atoms with van der Waals surface area (Å²) in [6.07, 6.45) is 0. The minimum Gasteiger partial charge on any atom is -0.602 e. The maximum absolute atomic E-state index is 9.33. The Bertz CT molecular complexity index is 47.6. The summed E-state index contributed by atoms with van der Waals surface area (Å²) >= 11 is 4.68. The van der Waals surface area contributed by atoms with E-state index in [1.54, 1.807) is 0 Å². The van der Waals surface area contributed by atoms with Crippen LogP contribution < -0.4 is 4.89 Å². The van der Waals surface area contributed by atoms with Crippen LogP contribution in [0.5, 0.6) is 0 Å². The highest BCUT2D eigenvalue weighted by Crippen LogP contribution is 1.97. The number of halogens is 1. The van der Waals surface area contributed by atoms with Gasteiger partial charge in [-0.2, -0.15) is 4.89 Å². The predicted octanol–water partition coefficient (Wildman–Crippen LogP) is -0.351. The van der Waals surface area contributed by atoms with Crippen molar-refractivity contribution in [2.75, 3.05) is 0 Å². The first-order valence-electron chi connectivity index (χ1n) is 0.859. The fraction of sp³-hybridized carbons (Fsp3) is 0. The molecule has 0 aromatic rings. The lowest BCUT2D eigenvalue weighted by Gasteiger charge is -1.71. The molecule has 30 valence electrons. The third kappa shape index (κ3) is 4.38. The van der Waals surface area contributed by atoms with Crippen molar-refractivity contribution in [2.24, 2.45) is 0 Å². The van der Waals surface area contributed by atoms with Crippen molar-refractivity contribution >= 4 is 24.9 Å². The molecular weight excluding hydrogens is 110 g/mol. The smallest absolute Gasteiger partial charge is 0.229 e. The average Bonchev–Trinajstić information content (AvgIpc) is 1.38. The number of rotatable bonds is 0. The predicted molar refractivity (Wildman–Crippen MR) is 21.1 cm³/mol. The molecule has 1 atom stereocenters. The van der Waals surface area contributed by atoms with E-state index in [1.807, 2.05) is 0 Å². The molecule has 0 aromatic carbocycles. The van der Waals surface area contributed by atoms with Crippen LogP contribution in [0.4, 0.5) is 0 Å². The highest BCUT2D eigenvalue weighted by molar-refractivity contribution is 7.48. The lowest BCUT2D eigenvalue weighted by molar-refractivity contribution is -0.167. The first kappa shape index (κ1) is 5.38. The maximum Gasteiger partial charge on any atom is 0.229 e. The second-order valence-electron chi connectivity index (χ2n) is 0.400. The van der Waals surface area contributed by atoms with E-state index in [4.69, 9.17) is 4.89 Å². The molecular formula is CH2ClO2P. The van der Waals surface area contributed by atoms with Crippen molar-refractivity contribution in [2.45, 2.75) is 0 Å². The van der Waals surface area contributed by atoms with Gasteiger partial charge in [0.25, 0.3) is 0 Å². The Hall–Kier alpha value is 0.380. The lowest BCUT2D eigenvalue weighted by atomic mass is 11.9. The normalized spacial score (nSPS) is 12.2. The van der Waals surface area contributed by atoms with Gasteiger partial charge in [-0.3, -0.25) is 0 Å². The molecule has 0 radical (unpaired) electrons. The van der Waals surface area contributed by atoms with Gasteiger partial charge >= 0.3 is 0 Å². The summed E-state index contributed by atoms with van der Waals surface area (Å²) in [5.41, 5.74) is 0. The van der Waals surface area contributed by atoms with Crippen molar-refractivity contribution < 1.29 is 9.79 Å². The fourth-order valence-electron chi connectivity index (χ4n) is 0. The molecule has 0 aromatic heterocycles. The monoisotopic (exact) mass is 112 g/mol. The molecule has 5 heavy (non-hydrogen) atoms. The Morgan fingerprint density at radius 2 is 2.20 bits per heavy atom. The summed E-state index contributed by atoms with van der Waals surface area (Å²) in [7, 11) is -2.21. The number of hydrogen-bond donors (Lipinski definition) is 1. The van der Waals surface area contributed by atoms with E-state index in [1.165, 1.54) is 0 Å². The van der Waals surface area contributed by atoms with Crippen molar-refractivity contribution in [3.05, 3.63) is 0 Å². The van der Waals surface area contributed by atoms with Gasteiger partial charge in [-0.1, -0.05) is 0 Å². The van der Waals surface area contributed by atoms with Crippen LogP contribution >= 0.6 is 19.6 Å². The van der Waals surface area contributed by atoms with Gasteiger partial charge in [0.15, 0.2) is 0 Å². The Morgan fingerprint density at radius 3 is 2.20 bits per heavy atom. The van der Waals surface area contributed by atoms with E-state index in [-0.39, 0.29) is 0 Å². The van der Waals surface area contributed by atoms with Crippen molar-refractivity contribution in [3.8, 4) is 0 Å². The molecule has 1 unspecified atom stereocenters. The zero-order valence-electron chi connectivity index (χ0n) is 2.26. The zero-order chi connectivity index (χ0) is 4.28. The molecule has 0 rings (SSSR count). The van der Waals surface area contributed by atoms with E-state index in [0.717, 1.165) is 0 Å². The molecule has 0 aliphatic heterocycles. The average molecular weight is 112 g/mol. The van der Waals surface area contributed by atoms with Gasteiger partial charge in [0, 0.05) is 0 Å². The van der Waals surface area contributed by atoms with Crippen LogP contribution in [0, 0.1) is 0 Å². The summed E-state index contributed by atoms with van der Waals surface area (Å²) in [5.74, 6) is 0. The lowest BCUT2D eigenvalue weighted by Crippen LogP contribution is -1.82. The quantitative estimate of drug-likeness (QED) is 0.435. The van der Waals surface area contributed by atoms with Gasteiger partial charge in [0.2, 0.25) is 13.3 Å². The van der Waals surface area contributed by atoms with E-state index < -0.39 is 8.00 Å². The van der Waals surface area contributed by atoms with E-state index in [9.17, 15) is 4.89 Å². The summed E-state index contributed by atoms with van der Waals surface area (Å²) < 4.78 is 0.